The first-order valence-corrected chi connectivity index (χ1v) is 5.11. The third-order valence-electron chi connectivity index (χ3n) is 3.24. The van der Waals surface area contributed by atoms with Crippen LogP contribution in [0.2, 0.25) is 0 Å². The zero-order valence-electron chi connectivity index (χ0n) is 8.27. The molecule has 78 valence electrons. The monoisotopic (exact) mass is 197 g/mol. The van der Waals surface area contributed by atoms with Crippen molar-refractivity contribution < 1.29 is 14.7 Å². The van der Waals surface area contributed by atoms with E-state index in [9.17, 15) is 9.59 Å². The van der Waals surface area contributed by atoms with E-state index in [0.29, 0.717) is 12.5 Å². The van der Waals surface area contributed by atoms with Crippen LogP contribution in [-0.4, -0.2) is 35.0 Å². The van der Waals surface area contributed by atoms with Gasteiger partial charge in [-0.3, -0.25) is 9.59 Å². The zero-order chi connectivity index (χ0) is 10.3. The van der Waals surface area contributed by atoms with Gasteiger partial charge in [0.1, 0.15) is 0 Å². The highest BCUT2D eigenvalue weighted by Gasteiger charge is 2.48. The lowest BCUT2D eigenvalue weighted by atomic mass is 10.1. The van der Waals surface area contributed by atoms with E-state index in [0.717, 1.165) is 19.4 Å². The molecule has 1 amide bonds. The van der Waals surface area contributed by atoms with Gasteiger partial charge in [-0.15, -0.1) is 0 Å². The smallest absolute Gasteiger partial charge is 0.308 e. The largest absolute Gasteiger partial charge is 0.481 e. The van der Waals surface area contributed by atoms with E-state index in [2.05, 4.69) is 0 Å². The maximum Gasteiger partial charge on any atom is 0.308 e. The third kappa shape index (κ3) is 1.61. The molecule has 4 nitrogen and oxygen atoms in total. The lowest BCUT2D eigenvalue weighted by Crippen LogP contribution is -2.41. The Hall–Kier alpha value is -1.06. The summed E-state index contributed by atoms with van der Waals surface area (Å²) < 4.78 is 0. The second-order valence-corrected chi connectivity index (χ2v) is 4.41. The van der Waals surface area contributed by atoms with Crippen molar-refractivity contribution in [2.75, 3.05) is 13.1 Å². The summed E-state index contributed by atoms with van der Waals surface area (Å²) in [4.78, 5) is 24.0. The fourth-order valence-electron chi connectivity index (χ4n) is 2.13. The van der Waals surface area contributed by atoms with Crippen molar-refractivity contribution in [3.8, 4) is 0 Å². The van der Waals surface area contributed by atoms with Gasteiger partial charge < -0.3 is 10.0 Å². The summed E-state index contributed by atoms with van der Waals surface area (Å²) in [5.41, 5.74) is 0. The fraction of sp³-hybridized carbons (Fsp3) is 0.800. The number of carboxylic acids is 1. The Bertz CT molecular complexity index is 277. The lowest BCUT2D eigenvalue weighted by molar-refractivity contribution is -0.143. The molecule has 4 heteroatoms. The molecule has 14 heavy (non-hydrogen) atoms. The Kier molecular flexibility index (Phi) is 2.21. The standard InChI is InChI=1S/C10H15NO3/c1-6(10(13)14)5-11-3-2-7-4-8(7)9(11)12/h6-8H,2-5H2,1H3,(H,13,14). The van der Waals surface area contributed by atoms with E-state index in [-0.39, 0.29) is 11.8 Å². The van der Waals surface area contributed by atoms with Gasteiger partial charge >= 0.3 is 5.97 Å². The lowest BCUT2D eigenvalue weighted by Gasteiger charge is -2.27. The fourth-order valence-corrected chi connectivity index (χ4v) is 2.13. The van der Waals surface area contributed by atoms with Crippen LogP contribution in [0.1, 0.15) is 19.8 Å². The number of fused-ring (bicyclic) bond motifs is 1. The quantitative estimate of drug-likeness (QED) is 0.719. The minimum atomic E-state index is -0.823. The molecule has 0 aromatic carbocycles. The number of likely N-dealkylation sites (tertiary alicyclic amines) is 1. The van der Waals surface area contributed by atoms with Crippen LogP contribution in [0.4, 0.5) is 0 Å². The molecule has 0 aromatic heterocycles. The summed E-state index contributed by atoms with van der Waals surface area (Å²) in [5, 5.41) is 8.74. The topological polar surface area (TPSA) is 57.6 Å². The molecule has 2 rings (SSSR count). The van der Waals surface area contributed by atoms with Crippen molar-refractivity contribution in [2.45, 2.75) is 19.8 Å². The molecule has 3 atom stereocenters. The van der Waals surface area contributed by atoms with Crippen LogP contribution in [-0.2, 0) is 9.59 Å². The van der Waals surface area contributed by atoms with Gasteiger partial charge in [-0.25, -0.2) is 0 Å². The number of carboxylic acid groups (broad SMARTS) is 1. The number of rotatable bonds is 3. The van der Waals surface area contributed by atoms with Gasteiger partial charge in [0.05, 0.1) is 5.92 Å². The molecule has 0 bridgehead atoms. The molecule has 1 heterocycles. The second kappa shape index (κ2) is 3.26. The van der Waals surface area contributed by atoms with E-state index in [1.807, 2.05) is 0 Å². The molecule has 1 aliphatic carbocycles. The first-order chi connectivity index (χ1) is 6.59. The number of hydrogen-bond acceptors (Lipinski definition) is 2. The Labute approximate surface area is 82.9 Å². The Morgan fingerprint density at radius 2 is 2.43 bits per heavy atom. The second-order valence-electron chi connectivity index (χ2n) is 4.41. The molecular weight excluding hydrogens is 182 g/mol. The van der Waals surface area contributed by atoms with Crippen molar-refractivity contribution in [3.05, 3.63) is 0 Å². The average Bonchev–Trinajstić information content (AvgIpc) is 2.89. The Balaban J connectivity index is 1.91. The van der Waals surface area contributed by atoms with Gasteiger partial charge in [-0.2, -0.15) is 0 Å². The summed E-state index contributed by atoms with van der Waals surface area (Å²) in [6.45, 7) is 2.77. The molecule has 0 spiro atoms. The number of carbonyl (C=O) groups excluding carboxylic acids is 1. The van der Waals surface area contributed by atoms with Crippen LogP contribution in [0, 0.1) is 17.8 Å². The van der Waals surface area contributed by atoms with Gasteiger partial charge in [0.15, 0.2) is 0 Å². The molecule has 2 fully saturated rings. The third-order valence-corrected chi connectivity index (χ3v) is 3.24. The van der Waals surface area contributed by atoms with Crippen molar-refractivity contribution in [3.63, 3.8) is 0 Å². The van der Waals surface area contributed by atoms with Crippen molar-refractivity contribution in [2.24, 2.45) is 17.8 Å². The van der Waals surface area contributed by atoms with E-state index in [1.54, 1.807) is 11.8 Å². The summed E-state index contributed by atoms with van der Waals surface area (Å²) in [6.07, 6.45) is 2.08. The molecule has 0 aromatic rings. The minimum absolute atomic E-state index is 0.175. The van der Waals surface area contributed by atoms with Gasteiger partial charge in [-0.1, -0.05) is 6.92 Å². The average molecular weight is 197 g/mol. The van der Waals surface area contributed by atoms with Gasteiger partial charge in [-0.05, 0) is 18.8 Å². The highest BCUT2D eigenvalue weighted by atomic mass is 16.4. The summed E-state index contributed by atoms with van der Waals surface area (Å²) in [6, 6.07) is 0. The van der Waals surface area contributed by atoms with Crippen LogP contribution in [0.15, 0.2) is 0 Å². The molecule has 1 aliphatic heterocycles. The van der Waals surface area contributed by atoms with Crippen LogP contribution >= 0.6 is 0 Å². The molecule has 1 N–H and O–H groups in total. The van der Waals surface area contributed by atoms with Crippen LogP contribution in [0.3, 0.4) is 0 Å². The molecular formula is C10H15NO3. The number of nitrogens with zero attached hydrogens (tertiary/aromatic N) is 1. The number of carbonyl (C=O) groups is 2. The number of hydrogen-bond donors (Lipinski definition) is 1. The number of aliphatic carboxylic acids is 1. The molecule has 1 saturated heterocycles. The molecule has 2 aliphatic rings. The normalized spacial score (nSPS) is 32.4. The minimum Gasteiger partial charge on any atom is -0.481 e. The van der Waals surface area contributed by atoms with Crippen LogP contribution in [0.5, 0.6) is 0 Å². The van der Waals surface area contributed by atoms with E-state index < -0.39 is 11.9 Å². The first kappa shape index (κ1) is 9.49. The molecule has 1 saturated carbocycles. The summed E-state index contributed by atoms with van der Waals surface area (Å²) in [7, 11) is 0. The zero-order valence-corrected chi connectivity index (χ0v) is 8.27. The molecule has 0 radical (unpaired) electrons. The predicted octanol–water partition coefficient (Wildman–Crippen LogP) is 0.575. The highest BCUT2D eigenvalue weighted by Crippen LogP contribution is 2.45. The van der Waals surface area contributed by atoms with Crippen molar-refractivity contribution in [1.82, 2.24) is 4.90 Å². The Morgan fingerprint density at radius 1 is 1.71 bits per heavy atom. The summed E-state index contributed by atoms with van der Waals surface area (Å²) >= 11 is 0. The van der Waals surface area contributed by atoms with E-state index in [1.165, 1.54) is 0 Å². The maximum absolute atomic E-state index is 11.7. The summed E-state index contributed by atoms with van der Waals surface area (Å²) in [5.74, 6) is -0.261. The SMILES string of the molecule is CC(CN1CCC2CC2C1=O)C(=O)O. The van der Waals surface area contributed by atoms with Crippen molar-refractivity contribution >= 4 is 11.9 Å². The van der Waals surface area contributed by atoms with Crippen molar-refractivity contribution in [1.29, 1.82) is 0 Å². The number of piperidine rings is 1. The van der Waals surface area contributed by atoms with Gasteiger partial charge in [0.2, 0.25) is 5.91 Å². The van der Waals surface area contributed by atoms with E-state index >= 15 is 0 Å². The Morgan fingerprint density at radius 3 is 3.07 bits per heavy atom. The molecule has 3 unspecified atom stereocenters. The predicted molar refractivity (Wildman–Crippen MR) is 49.6 cm³/mol. The maximum atomic E-state index is 11.7. The van der Waals surface area contributed by atoms with Gasteiger partial charge in [0.25, 0.3) is 0 Å². The first-order valence-electron chi connectivity index (χ1n) is 5.11. The van der Waals surface area contributed by atoms with Crippen LogP contribution in [0.25, 0.3) is 0 Å². The van der Waals surface area contributed by atoms with Crippen LogP contribution < -0.4 is 0 Å². The number of amides is 1. The van der Waals surface area contributed by atoms with E-state index in [4.69, 9.17) is 5.11 Å². The highest BCUT2D eigenvalue weighted by molar-refractivity contribution is 5.83. The van der Waals surface area contributed by atoms with Gasteiger partial charge in [0, 0.05) is 19.0 Å².